The van der Waals surface area contributed by atoms with Crippen LogP contribution in [-0.2, 0) is 7.05 Å². The number of phenols is 1. The molecular formula is C15H18N4O4. The fourth-order valence-electron chi connectivity index (χ4n) is 2.31. The van der Waals surface area contributed by atoms with Crippen LogP contribution < -0.4 is 5.32 Å². The first-order valence-corrected chi connectivity index (χ1v) is 7.03. The van der Waals surface area contributed by atoms with Gasteiger partial charge in [-0.2, -0.15) is 5.10 Å². The van der Waals surface area contributed by atoms with Gasteiger partial charge in [-0.3, -0.25) is 19.6 Å². The second-order valence-corrected chi connectivity index (χ2v) is 5.59. The number of aryl methyl sites for hydroxylation is 2. The Hall–Kier alpha value is -2.90. The van der Waals surface area contributed by atoms with Crippen LogP contribution >= 0.6 is 0 Å². The van der Waals surface area contributed by atoms with Gasteiger partial charge in [0.25, 0.3) is 5.91 Å². The van der Waals surface area contributed by atoms with Crippen molar-refractivity contribution in [2.75, 3.05) is 5.32 Å². The molecule has 0 aliphatic heterocycles. The lowest BCUT2D eigenvalue weighted by Crippen LogP contribution is -2.18. The Morgan fingerprint density at radius 1 is 1.43 bits per heavy atom. The van der Waals surface area contributed by atoms with Gasteiger partial charge in [0.1, 0.15) is 11.9 Å². The Bertz CT molecular complexity index is 780. The van der Waals surface area contributed by atoms with Crippen molar-refractivity contribution >= 4 is 17.3 Å². The average molecular weight is 318 g/mol. The highest BCUT2D eigenvalue weighted by Gasteiger charge is 2.26. The molecule has 0 bridgehead atoms. The number of amides is 1. The van der Waals surface area contributed by atoms with Crippen molar-refractivity contribution in [3.63, 3.8) is 0 Å². The van der Waals surface area contributed by atoms with Crippen LogP contribution in [0.3, 0.4) is 0 Å². The number of carbonyl (C=O) groups is 1. The van der Waals surface area contributed by atoms with Crippen LogP contribution in [0.25, 0.3) is 0 Å². The predicted octanol–water partition coefficient (Wildman–Crippen LogP) is 2.72. The monoisotopic (exact) mass is 318 g/mol. The summed E-state index contributed by atoms with van der Waals surface area (Å²) in [5, 5.41) is 27.3. The Morgan fingerprint density at radius 3 is 2.65 bits per heavy atom. The highest BCUT2D eigenvalue weighted by atomic mass is 16.6. The minimum Gasteiger partial charge on any atom is -0.508 e. The number of aromatic hydroxyl groups is 1. The predicted molar refractivity (Wildman–Crippen MR) is 84.7 cm³/mol. The molecule has 0 aliphatic carbocycles. The highest BCUT2D eigenvalue weighted by Crippen LogP contribution is 2.31. The minimum atomic E-state index is -0.648. The molecule has 0 radical (unpaired) electrons. The largest absolute Gasteiger partial charge is 0.508 e. The maximum absolute atomic E-state index is 12.4. The number of nitrogens with zero attached hydrogens (tertiary/aromatic N) is 3. The van der Waals surface area contributed by atoms with Gasteiger partial charge in [0.15, 0.2) is 0 Å². The second-order valence-electron chi connectivity index (χ2n) is 5.59. The molecule has 0 aliphatic rings. The zero-order chi connectivity index (χ0) is 17.3. The smallest absolute Gasteiger partial charge is 0.320 e. The number of phenolic OH excluding ortho intramolecular Hbond substituents is 1. The van der Waals surface area contributed by atoms with E-state index >= 15 is 0 Å². The molecule has 0 unspecified atom stereocenters. The third-order valence-electron chi connectivity index (χ3n) is 3.58. The minimum absolute atomic E-state index is 0.0669. The fourth-order valence-corrected chi connectivity index (χ4v) is 2.31. The van der Waals surface area contributed by atoms with Gasteiger partial charge in [0.2, 0.25) is 5.69 Å². The lowest BCUT2D eigenvalue weighted by atomic mass is 9.99. The van der Waals surface area contributed by atoms with E-state index in [9.17, 15) is 20.0 Å². The molecule has 0 atom stereocenters. The van der Waals surface area contributed by atoms with Crippen LogP contribution in [0.4, 0.5) is 11.4 Å². The first-order chi connectivity index (χ1) is 10.7. The van der Waals surface area contributed by atoms with E-state index in [4.69, 9.17) is 0 Å². The van der Waals surface area contributed by atoms with Crippen LogP contribution in [0, 0.1) is 17.0 Å². The standard InChI is InChI=1S/C15H18N4O4/c1-8(2)10-6-11(9(3)5-13(10)20)17-15(21)14-12(19(22)23)7-16-18(14)4/h5-8,20H,1-4H3,(H,17,21). The number of rotatable bonds is 4. The number of hydrogen-bond donors (Lipinski definition) is 2. The van der Waals surface area contributed by atoms with Crippen molar-refractivity contribution in [2.24, 2.45) is 7.05 Å². The van der Waals surface area contributed by atoms with Gasteiger partial charge in [-0.15, -0.1) is 0 Å². The van der Waals surface area contributed by atoms with Gasteiger partial charge in [-0.25, -0.2) is 0 Å². The summed E-state index contributed by atoms with van der Waals surface area (Å²) >= 11 is 0. The average Bonchev–Trinajstić information content (AvgIpc) is 2.83. The maximum atomic E-state index is 12.4. The summed E-state index contributed by atoms with van der Waals surface area (Å²) in [4.78, 5) is 22.7. The van der Waals surface area contributed by atoms with Crippen LogP contribution in [0.2, 0.25) is 0 Å². The van der Waals surface area contributed by atoms with Gasteiger partial charge in [0, 0.05) is 12.7 Å². The van der Waals surface area contributed by atoms with Crippen molar-refractivity contribution in [3.05, 3.63) is 45.3 Å². The summed E-state index contributed by atoms with van der Waals surface area (Å²) in [6, 6.07) is 3.23. The van der Waals surface area contributed by atoms with E-state index in [0.29, 0.717) is 16.8 Å². The van der Waals surface area contributed by atoms with Crippen LogP contribution in [0.15, 0.2) is 18.3 Å². The summed E-state index contributed by atoms with van der Waals surface area (Å²) in [5.41, 5.74) is 1.35. The number of carbonyl (C=O) groups excluding carboxylic acids is 1. The number of hydrogen-bond acceptors (Lipinski definition) is 5. The van der Waals surface area contributed by atoms with Crippen LogP contribution in [0.5, 0.6) is 5.75 Å². The van der Waals surface area contributed by atoms with Gasteiger partial charge in [-0.1, -0.05) is 13.8 Å². The zero-order valence-corrected chi connectivity index (χ0v) is 13.3. The summed E-state index contributed by atoms with van der Waals surface area (Å²) in [5.74, 6) is -0.403. The highest BCUT2D eigenvalue weighted by molar-refractivity contribution is 6.06. The molecule has 1 amide bonds. The first kappa shape index (κ1) is 16.5. The third-order valence-corrected chi connectivity index (χ3v) is 3.58. The lowest BCUT2D eigenvalue weighted by Gasteiger charge is -2.14. The van der Waals surface area contributed by atoms with Crippen molar-refractivity contribution in [1.29, 1.82) is 0 Å². The first-order valence-electron chi connectivity index (χ1n) is 7.03. The van der Waals surface area contributed by atoms with Gasteiger partial charge < -0.3 is 10.4 Å². The molecule has 0 saturated carbocycles. The van der Waals surface area contributed by atoms with E-state index in [1.807, 2.05) is 13.8 Å². The number of anilines is 1. The zero-order valence-electron chi connectivity index (χ0n) is 13.3. The summed E-state index contributed by atoms with van der Waals surface area (Å²) in [6.07, 6.45) is 1.04. The molecule has 0 saturated heterocycles. The van der Waals surface area contributed by atoms with Crippen LogP contribution in [0.1, 0.15) is 41.4 Å². The number of nitrogens with one attached hydrogen (secondary N) is 1. The van der Waals surface area contributed by atoms with E-state index in [-0.39, 0.29) is 23.0 Å². The van der Waals surface area contributed by atoms with Crippen molar-refractivity contribution in [3.8, 4) is 5.75 Å². The topological polar surface area (TPSA) is 110 Å². The Labute approximate surface area is 132 Å². The van der Waals surface area contributed by atoms with Crippen molar-refractivity contribution < 1.29 is 14.8 Å². The van der Waals surface area contributed by atoms with Gasteiger partial charge >= 0.3 is 5.69 Å². The molecule has 122 valence electrons. The SMILES string of the molecule is Cc1cc(O)c(C(C)C)cc1NC(=O)c1c([N+](=O)[O-])cnn1C. The molecule has 2 rings (SSSR count). The lowest BCUT2D eigenvalue weighted by molar-refractivity contribution is -0.385. The molecule has 8 nitrogen and oxygen atoms in total. The Balaban J connectivity index is 2.40. The molecule has 2 N–H and O–H groups in total. The maximum Gasteiger partial charge on any atom is 0.320 e. The number of nitro groups is 1. The fraction of sp³-hybridized carbons (Fsp3) is 0.333. The summed E-state index contributed by atoms with van der Waals surface area (Å²) < 4.78 is 1.16. The van der Waals surface area contributed by atoms with Crippen molar-refractivity contribution in [1.82, 2.24) is 9.78 Å². The quantitative estimate of drug-likeness (QED) is 0.511. The molecule has 23 heavy (non-hydrogen) atoms. The Morgan fingerprint density at radius 2 is 2.09 bits per heavy atom. The number of aromatic nitrogens is 2. The molecule has 1 aromatic heterocycles. The summed E-state index contributed by atoms with van der Waals surface area (Å²) in [6.45, 7) is 5.57. The summed E-state index contributed by atoms with van der Waals surface area (Å²) in [7, 11) is 1.46. The number of benzene rings is 1. The second kappa shape index (κ2) is 6.07. The molecule has 8 heteroatoms. The normalized spacial score (nSPS) is 10.8. The van der Waals surface area contributed by atoms with Crippen molar-refractivity contribution in [2.45, 2.75) is 26.7 Å². The molecule has 2 aromatic rings. The molecule has 0 spiro atoms. The van der Waals surface area contributed by atoms with E-state index in [0.717, 1.165) is 10.9 Å². The van der Waals surface area contributed by atoms with E-state index in [2.05, 4.69) is 10.4 Å². The van der Waals surface area contributed by atoms with Crippen LogP contribution in [-0.4, -0.2) is 25.7 Å². The van der Waals surface area contributed by atoms with E-state index in [1.54, 1.807) is 19.1 Å². The van der Waals surface area contributed by atoms with E-state index < -0.39 is 10.8 Å². The molecule has 0 fully saturated rings. The van der Waals surface area contributed by atoms with E-state index in [1.165, 1.54) is 7.05 Å². The molecule has 1 aromatic carbocycles. The molecule has 1 heterocycles. The van der Waals surface area contributed by atoms with Gasteiger partial charge in [-0.05, 0) is 36.1 Å². The van der Waals surface area contributed by atoms with Gasteiger partial charge in [0.05, 0.1) is 4.92 Å². The molecular weight excluding hydrogens is 300 g/mol. The third kappa shape index (κ3) is 3.15. The Kier molecular flexibility index (Phi) is 4.35.